The predicted octanol–water partition coefficient (Wildman–Crippen LogP) is 3.86. The molecule has 3 heteroatoms. The highest BCUT2D eigenvalue weighted by molar-refractivity contribution is 5.80. The van der Waals surface area contributed by atoms with Gasteiger partial charge in [0.05, 0.1) is 0 Å². The molecule has 0 saturated heterocycles. The molecule has 0 radical (unpaired) electrons. The molecule has 0 aliphatic heterocycles. The Morgan fingerprint density at radius 2 is 1.70 bits per heavy atom. The van der Waals surface area contributed by atoms with Crippen LogP contribution >= 0.6 is 0 Å². The van der Waals surface area contributed by atoms with Crippen molar-refractivity contribution < 1.29 is 9.90 Å². The van der Waals surface area contributed by atoms with E-state index in [9.17, 15) is 9.90 Å². The van der Waals surface area contributed by atoms with Crippen LogP contribution in [-0.4, -0.2) is 17.1 Å². The second-order valence-corrected chi connectivity index (χ2v) is 4.69. The summed E-state index contributed by atoms with van der Waals surface area (Å²) in [5, 5.41) is 12.1. The molecular formula is C17H31NO2. The molecule has 0 spiro atoms. The quantitative estimate of drug-likeness (QED) is 0.832. The van der Waals surface area contributed by atoms with Gasteiger partial charge in [0.25, 0.3) is 0 Å². The lowest BCUT2D eigenvalue weighted by atomic mass is 9.98. The van der Waals surface area contributed by atoms with Crippen LogP contribution in [0.3, 0.4) is 0 Å². The maximum absolute atomic E-state index is 11.4. The van der Waals surface area contributed by atoms with Gasteiger partial charge in [-0.25, -0.2) is 0 Å². The number of benzene rings is 1. The molecule has 20 heavy (non-hydrogen) atoms. The van der Waals surface area contributed by atoms with Crippen molar-refractivity contribution in [1.29, 1.82) is 0 Å². The fourth-order valence-corrected chi connectivity index (χ4v) is 1.69. The minimum absolute atomic E-state index is 0. The first kappa shape index (κ1) is 21.0. The SMILES string of the molecule is C.C.CCC(O)C(=O)NCc1ccc(C(C)CC)cc1. The monoisotopic (exact) mass is 281 g/mol. The van der Waals surface area contributed by atoms with Gasteiger partial charge in [-0.1, -0.05) is 59.9 Å². The zero-order valence-electron chi connectivity index (χ0n) is 11.4. The molecule has 2 unspecified atom stereocenters. The van der Waals surface area contributed by atoms with Crippen LogP contribution in [0.15, 0.2) is 24.3 Å². The molecule has 0 bridgehead atoms. The Labute approximate surface area is 124 Å². The molecule has 116 valence electrons. The van der Waals surface area contributed by atoms with Crippen LogP contribution in [0.25, 0.3) is 0 Å². The summed E-state index contributed by atoms with van der Waals surface area (Å²) in [5.74, 6) is 0.263. The van der Waals surface area contributed by atoms with Gasteiger partial charge in [0.15, 0.2) is 0 Å². The maximum Gasteiger partial charge on any atom is 0.249 e. The highest BCUT2D eigenvalue weighted by Crippen LogP contribution is 2.18. The molecule has 1 rings (SSSR count). The Bertz CT molecular complexity index is 373. The molecule has 0 heterocycles. The van der Waals surface area contributed by atoms with Crippen molar-refractivity contribution in [2.24, 2.45) is 0 Å². The number of amides is 1. The van der Waals surface area contributed by atoms with E-state index in [4.69, 9.17) is 0 Å². The van der Waals surface area contributed by atoms with Crippen LogP contribution in [-0.2, 0) is 11.3 Å². The van der Waals surface area contributed by atoms with E-state index in [0.717, 1.165) is 12.0 Å². The van der Waals surface area contributed by atoms with Crippen LogP contribution in [0.2, 0.25) is 0 Å². The van der Waals surface area contributed by atoms with Crippen LogP contribution in [0.5, 0.6) is 0 Å². The average molecular weight is 281 g/mol. The highest BCUT2D eigenvalue weighted by atomic mass is 16.3. The number of hydrogen-bond acceptors (Lipinski definition) is 2. The Hall–Kier alpha value is -1.35. The number of hydrogen-bond donors (Lipinski definition) is 2. The van der Waals surface area contributed by atoms with E-state index in [1.807, 2.05) is 12.1 Å². The lowest BCUT2D eigenvalue weighted by molar-refractivity contribution is -0.129. The molecular weight excluding hydrogens is 250 g/mol. The van der Waals surface area contributed by atoms with Crippen LogP contribution in [0, 0.1) is 0 Å². The van der Waals surface area contributed by atoms with Gasteiger partial charge in [-0.3, -0.25) is 4.79 Å². The second kappa shape index (κ2) is 10.4. The zero-order valence-corrected chi connectivity index (χ0v) is 11.4. The number of carbonyl (C=O) groups is 1. The van der Waals surface area contributed by atoms with Gasteiger partial charge >= 0.3 is 0 Å². The predicted molar refractivity (Wildman–Crippen MR) is 86.8 cm³/mol. The van der Waals surface area contributed by atoms with Crippen molar-refractivity contribution in [3.8, 4) is 0 Å². The van der Waals surface area contributed by atoms with E-state index >= 15 is 0 Å². The van der Waals surface area contributed by atoms with E-state index < -0.39 is 6.10 Å². The first-order valence-electron chi connectivity index (χ1n) is 6.63. The summed E-state index contributed by atoms with van der Waals surface area (Å²) in [5.41, 5.74) is 2.37. The third-order valence-electron chi connectivity index (χ3n) is 3.32. The lowest BCUT2D eigenvalue weighted by Crippen LogP contribution is -2.33. The third kappa shape index (κ3) is 6.20. The Kier molecular flexibility index (Phi) is 10.9. The molecule has 0 fully saturated rings. The molecule has 1 aromatic rings. The lowest BCUT2D eigenvalue weighted by Gasteiger charge is -2.11. The fraction of sp³-hybridized carbons (Fsp3) is 0.588. The van der Waals surface area contributed by atoms with Gasteiger partial charge in [0, 0.05) is 6.54 Å². The van der Waals surface area contributed by atoms with Crippen molar-refractivity contribution in [2.75, 3.05) is 0 Å². The minimum Gasteiger partial charge on any atom is -0.383 e. The third-order valence-corrected chi connectivity index (χ3v) is 3.32. The normalized spacial score (nSPS) is 12.6. The number of nitrogens with one attached hydrogen (secondary N) is 1. The Balaban J connectivity index is 0. The summed E-state index contributed by atoms with van der Waals surface area (Å²) < 4.78 is 0. The van der Waals surface area contributed by atoms with Gasteiger partial charge in [0.2, 0.25) is 5.91 Å². The molecule has 0 aromatic heterocycles. The van der Waals surface area contributed by atoms with Crippen molar-refractivity contribution in [2.45, 2.75) is 67.0 Å². The van der Waals surface area contributed by atoms with Crippen molar-refractivity contribution in [3.63, 3.8) is 0 Å². The van der Waals surface area contributed by atoms with E-state index in [1.165, 1.54) is 5.56 Å². The molecule has 3 nitrogen and oxygen atoms in total. The molecule has 0 saturated carbocycles. The van der Waals surface area contributed by atoms with Crippen LogP contribution < -0.4 is 5.32 Å². The first-order valence-corrected chi connectivity index (χ1v) is 6.63. The van der Waals surface area contributed by atoms with Crippen molar-refractivity contribution >= 4 is 5.91 Å². The Morgan fingerprint density at radius 3 is 2.15 bits per heavy atom. The highest BCUT2D eigenvalue weighted by Gasteiger charge is 2.11. The van der Waals surface area contributed by atoms with Crippen LogP contribution in [0.4, 0.5) is 0 Å². The Morgan fingerprint density at radius 1 is 1.15 bits per heavy atom. The summed E-state index contributed by atoms with van der Waals surface area (Å²) in [6, 6.07) is 8.26. The smallest absolute Gasteiger partial charge is 0.249 e. The average Bonchev–Trinajstić information content (AvgIpc) is 2.43. The largest absolute Gasteiger partial charge is 0.383 e. The second-order valence-electron chi connectivity index (χ2n) is 4.69. The molecule has 2 N–H and O–H groups in total. The zero-order chi connectivity index (χ0) is 13.5. The van der Waals surface area contributed by atoms with E-state index in [-0.39, 0.29) is 20.8 Å². The summed E-state index contributed by atoms with van der Waals surface area (Å²) >= 11 is 0. The minimum atomic E-state index is -0.899. The standard InChI is InChI=1S/C15H23NO2.2CH4/c1-4-11(3)13-8-6-12(7-9-13)10-16-15(18)14(17)5-2;;/h6-9,11,14,17H,4-5,10H2,1-3H3,(H,16,18);2*1H4. The topological polar surface area (TPSA) is 49.3 Å². The summed E-state index contributed by atoms with van der Waals surface area (Å²) in [6.45, 7) is 6.63. The van der Waals surface area contributed by atoms with E-state index in [0.29, 0.717) is 18.9 Å². The van der Waals surface area contributed by atoms with Gasteiger partial charge in [-0.2, -0.15) is 0 Å². The number of aliphatic hydroxyl groups is 1. The first-order chi connectivity index (χ1) is 8.58. The summed E-state index contributed by atoms with van der Waals surface area (Å²) in [4.78, 5) is 11.4. The molecule has 0 aliphatic rings. The summed E-state index contributed by atoms with van der Waals surface area (Å²) in [7, 11) is 0. The maximum atomic E-state index is 11.4. The van der Waals surface area contributed by atoms with Gasteiger partial charge in [0.1, 0.15) is 6.10 Å². The van der Waals surface area contributed by atoms with Gasteiger partial charge < -0.3 is 10.4 Å². The van der Waals surface area contributed by atoms with Crippen molar-refractivity contribution in [1.82, 2.24) is 5.32 Å². The fourth-order valence-electron chi connectivity index (χ4n) is 1.69. The van der Waals surface area contributed by atoms with Crippen molar-refractivity contribution in [3.05, 3.63) is 35.4 Å². The van der Waals surface area contributed by atoms with Gasteiger partial charge in [-0.05, 0) is 29.9 Å². The molecule has 1 amide bonds. The van der Waals surface area contributed by atoms with Gasteiger partial charge in [-0.15, -0.1) is 0 Å². The number of aliphatic hydroxyl groups excluding tert-OH is 1. The summed E-state index contributed by atoms with van der Waals surface area (Å²) in [6.07, 6.45) is 0.668. The molecule has 1 aromatic carbocycles. The number of rotatable bonds is 6. The van der Waals surface area contributed by atoms with E-state index in [1.54, 1.807) is 6.92 Å². The molecule has 2 atom stereocenters. The number of carbonyl (C=O) groups excluding carboxylic acids is 1. The molecule has 0 aliphatic carbocycles. The van der Waals surface area contributed by atoms with Crippen LogP contribution in [0.1, 0.15) is 65.5 Å². The van der Waals surface area contributed by atoms with E-state index in [2.05, 4.69) is 31.3 Å².